The highest BCUT2D eigenvalue weighted by atomic mass is 32.2. The van der Waals surface area contributed by atoms with E-state index in [1.807, 2.05) is 6.20 Å². The van der Waals surface area contributed by atoms with Crippen LogP contribution in [0.4, 0.5) is 0 Å². The maximum absolute atomic E-state index is 4.78. The van der Waals surface area contributed by atoms with Gasteiger partial charge in [-0.1, -0.05) is 25.8 Å². The van der Waals surface area contributed by atoms with Crippen molar-refractivity contribution < 1.29 is 0 Å². The van der Waals surface area contributed by atoms with Gasteiger partial charge in [0, 0.05) is 27.3 Å². The highest BCUT2D eigenvalue weighted by molar-refractivity contribution is 7.96. The van der Waals surface area contributed by atoms with Crippen LogP contribution in [-0.4, -0.2) is 34.6 Å². The molecule has 1 spiro atoms. The van der Waals surface area contributed by atoms with Crippen LogP contribution in [0.1, 0.15) is 49.4 Å². The molecule has 0 aromatic carbocycles. The van der Waals surface area contributed by atoms with E-state index in [9.17, 15) is 0 Å². The topological polar surface area (TPSA) is 37.0 Å². The largest absolute Gasteiger partial charge is 0.317 e. The Labute approximate surface area is 135 Å². The molecule has 3 nitrogen and oxygen atoms in total. The molecule has 1 aromatic rings. The number of nitrogens with zero attached hydrogens (tertiary/aromatic N) is 1. The van der Waals surface area contributed by atoms with E-state index in [1.165, 1.54) is 24.1 Å². The normalized spacial score (nSPS) is 27.4. The Morgan fingerprint density at radius 1 is 1.38 bits per heavy atom. The van der Waals surface area contributed by atoms with Crippen molar-refractivity contribution in [2.75, 3.05) is 19.3 Å². The highest BCUT2D eigenvalue weighted by Gasteiger charge is 2.56. The molecule has 0 unspecified atom stereocenters. The summed E-state index contributed by atoms with van der Waals surface area (Å²) >= 11 is 1.79. The molecule has 116 valence electrons. The predicted molar refractivity (Wildman–Crippen MR) is 94.8 cm³/mol. The summed E-state index contributed by atoms with van der Waals surface area (Å²) in [7, 11) is 1.13. The van der Waals surface area contributed by atoms with Crippen LogP contribution >= 0.6 is 11.9 Å². The van der Waals surface area contributed by atoms with Crippen LogP contribution in [0.2, 0.25) is 0 Å². The van der Waals surface area contributed by atoms with Crippen LogP contribution in [0.25, 0.3) is 0 Å². The molecule has 1 fully saturated rings. The third-order valence-corrected chi connectivity index (χ3v) is 8.40. The van der Waals surface area contributed by atoms with Crippen molar-refractivity contribution in [3.63, 3.8) is 0 Å². The van der Waals surface area contributed by atoms with Crippen molar-refractivity contribution in [3.05, 3.63) is 29.1 Å². The van der Waals surface area contributed by atoms with Crippen LogP contribution in [0.5, 0.6) is 0 Å². The number of rotatable bonds is 3. The van der Waals surface area contributed by atoms with Gasteiger partial charge in [0.2, 0.25) is 0 Å². The quantitative estimate of drug-likeness (QED) is 0.654. The van der Waals surface area contributed by atoms with E-state index >= 15 is 0 Å². The number of hydrogen-bond acceptors (Lipinski definition) is 4. The van der Waals surface area contributed by atoms with Gasteiger partial charge in [0.15, 0.2) is 0 Å². The number of fused-ring (bicyclic) bond motifs is 1. The van der Waals surface area contributed by atoms with Crippen LogP contribution in [0.15, 0.2) is 12.3 Å². The fraction of sp³-hybridized carbons (Fsp3) is 0.688. The molecule has 1 aromatic heterocycles. The lowest BCUT2D eigenvalue weighted by molar-refractivity contribution is 0.138. The van der Waals surface area contributed by atoms with E-state index in [2.05, 4.69) is 36.2 Å². The molecular weight excluding hydrogens is 294 g/mol. The summed E-state index contributed by atoms with van der Waals surface area (Å²) < 4.78 is 3.84. The third-order valence-electron chi connectivity index (χ3n) is 5.62. The van der Waals surface area contributed by atoms with Gasteiger partial charge in [0.05, 0.1) is 0 Å². The summed E-state index contributed by atoms with van der Waals surface area (Å²) in [4.78, 5) is 4.78. The summed E-state index contributed by atoms with van der Waals surface area (Å²) in [6, 6.07) is 2.25. The molecule has 0 saturated carbocycles. The maximum atomic E-state index is 4.78. The average molecular weight is 322 g/mol. The Bertz CT molecular complexity index is 528. The molecule has 0 amide bonds. The number of aromatic nitrogens is 1. The van der Waals surface area contributed by atoms with Gasteiger partial charge >= 0.3 is 0 Å². The molecule has 2 aliphatic rings. The smallest absolute Gasteiger partial charge is 0.0460 e. The van der Waals surface area contributed by atoms with E-state index in [0.29, 0.717) is 11.3 Å². The first-order valence-corrected chi connectivity index (χ1v) is 10.3. The molecule has 0 radical (unpaired) electrons. The van der Waals surface area contributed by atoms with E-state index in [1.54, 1.807) is 17.5 Å². The van der Waals surface area contributed by atoms with Crippen LogP contribution in [-0.2, 0) is 11.6 Å². The summed E-state index contributed by atoms with van der Waals surface area (Å²) in [5.74, 6) is 0.565. The SMILES string of the molecule is CSN[C@]1([SiH3])c2c(C(C)C)ccnc2CC12CCNCC2. The molecule has 1 aliphatic carbocycles. The Balaban J connectivity index is 2.15. The Kier molecular flexibility index (Phi) is 4.20. The second kappa shape index (κ2) is 5.69. The summed E-state index contributed by atoms with van der Waals surface area (Å²) in [6.45, 7) is 6.91. The van der Waals surface area contributed by atoms with Crippen molar-refractivity contribution in [2.45, 2.75) is 44.2 Å². The standard InChI is InChI=1S/C16H27N3SSi/c1-11(2)12-4-7-18-13-10-15(5-8-17-9-6-15)16(21,14(12)13)19-20-3/h4,7,11,17,19H,5-6,8-10H2,1-3,21H3/t16-/m0/s1. The van der Waals surface area contributed by atoms with Crippen LogP contribution in [0, 0.1) is 5.41 Å². The van der Waals surface area contributed by atoms with Gasteiger partial charge in [-0.15, -0.1) is 0 Å². The molecule has 3 rings (SSSR count). The van der Waals surface area contributed by atoms with Crippen molar-refractivity contribution in [2.24, 2.45) is 5.41 Å². The Morgan fingerprint density at radius 2 is 2.10 bits per heavy atom. The summed E-state index contributed by atoms with van der Waals surface area (Å²) in [5.41, 5.74) is 4.78. The first-order chi connectivity index (χ1) is 10.0. The van der Waals surface area contributed by atoms with E-state index in [0.717, 1.165) is 29.8 Å². The van der Waals surface area contributed by atoms with E-state index in [-0.39, 0.29) is 5.16 Å². The van der Waals surface area contributed by atoms with Gasteiger partial charge in [-0.3, -0.25) is 9.71 Å². The second-order valence-corrected chi connectivity index (χ2v) is 9.13. The lowest BCUT2D eigenvalue weighted by Crippen LogP contribution is -2.55. The first-order valence-electron chi connectivity index (χ1n) is 8.03. The minimum Gasteiger partial charge on any atom is -0.317 e. The molecule has 2 N–H and O–H groups in total. The fourth-order valence-corrected chi connectivity index (χ4v) is 7.02. The van der Waals surface area contributed by atoms with E-state index < -0.39 is 0 Å². The van der Waals surface area contributed by atoms with Crippen molar-refractivity contribution in [3.8, 4) is 0 Å². The number of pyridine rings is 1. The van der Waals surface area contributed by atoms with Gasteiger partial charge < -0.3 is 5.32 Å². The molecule has 1 atom stereocenters. The first kappa shape index (κ1) is 15.5. The lowest BCUT2D eigenvalue weighted by atomic mass is 9.72. The van der Waals surface area contributed by atoms with Gasteiger partial charge in [-0.2, -0.15) is 0 Å². The zero-order chi connectivity index (χ0) is 15.1. The highest BCUT2D eigenvalue weighted by Crippen LogP contribution is 2.55. The number of hydrogen-bond donors (Lipinski definition) is 2. The molecule has 21 heavy (non-hydrogen) atoms. The lowest BCUT2D eigenvalue weighted by Gasteiger charge is -2.47. The van der Waals surface area contributed by atoms with Crippen molar-refractivity contribution in [1.29, 1.82) is 0 Å². The van der Waals surface area contributed by atoms with Crippen LogP contribution < -0.4 is 10.0 Å². The molecule has 5 heteroatoms. The van der Waals surface area contributed by atoms with E-state index in [4.69, 9.17) is 4.98 Å². The molecule has 2 heterocycles. The summed E-state index contributed by atoms with van der Waals surface area (Å²) in [6.07, 6.45) is 7.87. The Morgan fingerprint density at radius 3 is 2.71 bits per heavy atom. The third kappa shape index (κ3) is 2.29. The maximum Gasteiger partial charge on any atom is 0.0460 e. The average Bonchev–Trinajstić information content (AvgIpc) is 2.69. The minimum atomic E-state index is 0.164. The van der Waals surface area contributed by atoms with Gasteiger partial charge in [0.1, 0.15) is 0 Å². The summed E-state index contributed by atoms with van der Waals surface area (Å²) in [5, 5.41) is 3.70. The molecule has 0 bridgehead atoms. The van der Waals surface area contributed by atoms with Crippen LogP contribution in [0.3, 0.4) is 0 Å². The van der Waals surface area contributed by atoms with Gasteiger partial charge in [-0.25, -0.2) is 0 Å². The molecule has 1 aliphatic heterocycles. The monoisotopic (exact) mass is 321 g/mol. The van der Waals surface area contributed by atoms with Gasteiger partial charge in [-0.05, 0) is 67.1 Å². The fourth-order valence-electron chi connectivity index (χ4n) is 4.42. The molecule has 1 saturated heterocycles. The zero-order valence-electron chi connectivity index (χ0n) is 13.6. The number of piperidine rings is 1. The predicted octanol–water partition coefficient (Wildman–Crippen LogP) is 1.52. The van der Waals surface area contributed by atoms with Crippen molar-refractivity contribution >= 4 is 22.2 Å². The second-order valence-electron chi connectivity index (χ2n) is 7.01. The minimum absolute atomic E-state index is 0.164. The van der Waals surface area contributed by atoms with Crippen molar-refractivity contribution in [1.82, 2.24) is 15.0 Å². The Hall–Kier alpha value is -0.363. The van der Waals surface area contributed by atoms with Gasteiger partial charge in [0.25, 0.3) is 0 Å². The number of nitrogens with one attached hydrogen (secondary N) is 2. The zero-order valence-corrected chi connectivity index (χ0v) is 16.4. The molecular formula is C16H27N3SSi.